The van der Waals surface area contributed by atoms with Crippen molar-refractivity contribution in [2.75, 3.05) is 26.2 Å². The zero-order valence-electron chi connectivity index (χ0n) is 13.0. The molecule has 2 saturated heterocycles. The van der Waals surface area contributed by atoms with E-state index in [2.05, 4.69) is 10.7 Å². The minimum atomic E-state index is -0.250. The molecule has 0 radical (unpaired) electrons. The summed E-state index contributed by atoms with van der Waals surface area (Å²) in [5.41, 5.74) is 2.73. The zero-order chi connectivity index (χ0) is 15.8. The van der Waals surface area contributed by atoms with Crippen molar-refractivity contribution in [2.45, 2.75) is 38.3 Å². The third-order valence-corrected chi connectivity index (χ3v) is 6.12. The number of hydrogen-bond donors (Lipinski definition) is 1. The summed E-state index contributed by atoms with van der Waals surface area (Å²) in [6, 6.07) is -0.0318. The van der Waals surface area contributed by atoms with Crippen LogP contribution in [0.5, 0.6) is 0 Å². The molecule has 1 aliphatic carbocycles. The highest BCUT2D eigenvalue weighted by Crippen LogP contribution is 2.30. The number of carbonyl (C=O) groups is 2. The first kappa shape index (κ1) is 14.8. The molecule has 0 saturated carbocycles. The van der Waals surface area contributed by atoms with Crippen molar-refractivity contribution < 1.29 is 14.3 Å². The highest BCUT2D eigenvalue weighted by Gasteiger charge is 2.38. The molecule has 2 fully saturated rings. The van der Waals surface area contributed by atoms with Crippen LogP contribution >= 0.6 is 11.3 Å². The number of fused-ring (bicyclic) bond motifs is 2. The fourth-order valence-electron chi connectivity index (χ4n) is 3.66. The Morgan fingerprint density at radius 3 is 3.13 bits per heavy atom. The van der Waals surface area contributed by atoms with Crippen molar-refractivity contribution in [2.24, 2.45) is 0 Å². The Balaban J connectivity index is 1.34. The van der Waals surface area contributed by atoms with Gasteiger partial charge in [0.1, 0.15) is 6.61 Å². The van der Waals surface area contributed by atoms with E-state index >= 15 is 0 Å². The molecule has 3 aliphatic rings. The number of thiophene rings is 1. The van der Waals surface area contributed by atoms with Gasteiger partial charge in [0.25, 0.3) is 0 Å². The van der Waals surface area contributed by atoms with E-state index in [9.17, 15) is 9.59 Å². The highest BCUT2D eigenvalue weighted by atomic mass is 32.1. The summed E-state index contributed by atoms with van der Waals surface area (Å²) in [7, 11) is 0. The predicted octanol–water partition coefficient (Wildman–Crippen LogP) is 1.97. The Bertz CT molecular complexity index is 630. The lowest BCUT2D eigenvalue weighted by Gasteiger charge is -2.35. The molecule has 3 amide bonds. The molecule has 3 heterocycles. The molecule has 7 heteroatoms. The predicted molar refractivity (Wildman–Crippen MR) is 86.6 cm³/mol. The second kappa shape index (κ2) is 6.03. The lowest BCUT2D eigenvalue weighted by molar-refractivity contribution is 0.127. The van der Waals surface area contributed by atoms with E-state index in [0.29, 0.717) is 32.8 Å². The fraction of sp³-hybridized carbons (Fsp3) is 0.625. The molecule has 1 aromatic heterocycles. The number of amides is 3. The number of piperazine rings is 1. The Kier molecular flexibility index (Phi) is 3.88. The van der Waals surface area contributed by atoms with Gasteiger partial charge in [-0.15, -0.1) is 11.3 Å². The quantitative estimate of drug-likeness (QED) is 0.899. The van der Waals surface area contributed by atoms with Gasteiger partial charge in [0.2, 0.25) is 0 Å². The van der Waals surface area contributed by atoms with E-state index in [1.807, 2.05) is 11.3 Å². The molecule has 0 aromatic carbocycles. The first-order valence-corrected chi connectivity index (χ1v) is 9.14. The number of rotatable bonds is 2. The number of hydrogen-bond acceptors (Lipinski definition) is 4. The summed E-state index contributed by atoms with van der Waals surface area (Å²) in [5.74, 6) is 0. The van der Waals surface area contributed by atoms with Crippen LogP contribution in [0.1, 0.15) is 28.8 Å². The van der Waals surface area contributed by atoms with Crippen LogP contribution in [0, 0.1) is 0 Å². The molecular formula is C16H21N3O3S. The zero-order valence-corrected chi connectivity index (χ0v) is 13.9. The summed E-state index contributed by atoms with van der Waals surface area (Å²) in [4.78, 5) is 28.9. The summed E-state index contributed by atoms with van der Waals surface area (Å²) in [6.07, 6.45) is 4.62. The molecule has 23 heavy (non-hydrogen) atoms. The van der Waals surface area contributed by atoms with Gasteiger partial charge in [-0.2, -0.15) is 0 Å². The molecule has 1 aromatic rings. The maximum Gasteiger partial charge on any atom is 0.410 e. The minimum absolute atomic E-state index is 0.0101. The van der Waals surface area contributed by atoms with Gasteiger partial charge in [-0.1, -0.05) is 0 Å². The summed E-state index contributed by atoms with van der Waals surface area (Å²) in [6.45, 7) is 2.68. The number of ether oxygens (including phenoxy) is 1. The van der Waals surface area contributed by atoms with Crippen LogP contribution in [0.2, 0.25) is 0 Å². The number of aryl methyl sites for hydroxylation is 1. The van der Waals surface area contributed by atoms with E-state index in [1.165, 1.54) is 35.3 Å². The minimum Gasteiger partial charge on any atom is -0.447 e. The second-order valence-corrected chi connectivity index (χ2v) is 7.36. The SMILES string of the molecule is O=C(NCc1csc2c1CCCC2)N1CCN2C(=O)OC[C@H]2C1. The van der Waals surface area contributed by atoms with Crippen LogP contribution in [0.15, 0.2) is 5.38 Å². The van der Waals surface area contributed by atoms with Gasteiger partial charge in [-0.3, -0.25) is 4.90 Å². The number of carbonyl (C=O) groups excluding carboxylic acids is 2. The standard InChI is InChI=1S/C16H21N3O3S/c20-15(18-5-6-19-12(8-18)9-22-16(19)21)17-7-11-10-23-14-4-2-1-3-13(11)14/h10,12H,1-9H2,(H,17,20)/t12-/m1/s1. The van der Waals surface area contributed by atoms with Crippen LogP contribution in [-0.4, -0.2) is 54.2 Å². The van der Waals surface area contributed by atoms with Crippen molar-refractivity contribution >= 4 is 23.5 Å². The maximum atomic E-state index is 12.4. The Hall–Kier alpha value is -1.76. The second-order valence-electron chi connectivity index (χ2n) is 6.40. The molecule has 2 aliphatic heterocycles. The first-order valence-electron chi connectivity index (χ1n) is 8.26. The van der Waals surface area contributed by atoms with Crippen molar-refractivity contribution in [3.05, 3.63) is 21.4 Å². The molecule has 6 nitrogen and oxygen atoms in total. The summed E-state index contributed by atoms with van der Waals surface area (Å²) >= 11 is 1.83. The van der Waals surface area contributed by atoms with E-state index in [1.54, 1.807) is 9.80 Å². The van der Waals surface area contributed by atoms with Crippen molar-refractivity contribution in [3.63, 3.8) is 0 Å². The van der Waals surface area contributed by atoms with Gasteiger partial charge >= 0.3 is 12.1 Å². The van der Waals surface area contributed by atoms with Gasteiger partial charge < -0.3 is 15.0 Å². The molecule has 0 bridgehead atoms. The van der Waals surface area contributed by atoms with E-state index < -0.39 is 0 Å². The molecule has 0 unspecified atom stereocenters. The smallest absolute Gasteiger partial charge is 0.410 e. The number of nitrogens with one attached hydrogen (secondary N) is 1. The van der Waals surface area contributed by atoms with Gasteiger partial charge in [-0.25, -0.2) is 9.59 Å². The van der Waals surface area contributed by atoms with Crippen LogP contribution < -0.4 is 5.32 Å². The van der Waals surface area contributed by atoms with Crippen molar-refractivity contribution in [3.8, 4) is 0 Å². The van der Waals surface area contributed by atoms with Crippen LogP contribution in [0.25, 0.3) is 0 Å². The third kappa shape index (κ3) is 2.78. The molecule has 124 valence electrons. The lowest BCUT2D eigenvalue weighted by atomic mass is 9.96. The fourth-order valence-corrected chi connectivity index (χ4v) is 4.81. The van der Waals surface area contributed by atoms with Gasteiger partial charge in [0, 0.05) is 31.1 Å². The number of nitrogens with zero attached hydrogens (tertiary/aromatic N) is 2. The summed E-state index contributed by atoms with van der Waals surface area (Å²) in [5, 5.41) is 5.24. The van der Waals surface area contributed by atoms with Gasteiger partial charge in [-0.05, 0) is 42.2 Å². The molecule has 1 atom stereocenters. The van der Waals surface area contributed by atoms with E-state index in [4.69, 9.17) is 4.74 Å². The first-order chi connectivity index (χ1) is 11.2. The normalized spacial score (nSPS) is 23.3. The molecule has 4 rings (SSSR count). The number of urea groups is 1. The summed E-state index contributed by atoms with van der Waals surface area (Å²) < 4.78 is 5.04. The Morgan fingerprint density at radius 2 is 2.22 bits per heavy atom. The largest absolute Gasteiger partial charge is 0.447 e. The third-order valence-electron chi connectivity index (χ3n) is 4.98. The van der Waals surface area contributed by atoms with Gasteiger partial charge in [0.05, 0.1) is 6.04 Å². The highest BCUT2D eigenvalue weighted by molar-refractivity contribution is 7.10. The van der Waals surface area contributed by atoms with Gasteiger partial charge in [0.15, 0.2) is 0 Å². The maximum absolute atomic E-state index is 12.4. The Morgan fingerprint density at radius 1 is 1.35 bits per heavy atom. The average Bonchev–Trinajstić information content (AvgIpc) is 3.16. The molecular weight excluding hydrogens is 314 g/mol. The van der Waals surface area contributed by atoms with Crippen LogP contribution in [-0.2, 0) is 24.1 Å². The molecule has 1 N–H and O–H groups in total. The molecule has 0 spiro atoms. The van der Waals surface area contributed by atoms with Crippen LogP contribution in [0.3, 0.4) is 0 Å². The van der Waals surface area contributed by atoms with Crippen molar-refractivity contribution in [1.29, 1.82) is 0 Å². The topological polar surface area (TPSA) is 61.9 Å². The lowest BCUT2D eigenvalue weighted by Crippen LogP contribution is -2.55. The number of cyclic esters (lactones) is 1. The van der Waals surface area contributed by atoms with E-state index in [0.717, 1.165) is 6.42 Å². The van der Waals surface area contributed by atoms with Crippen molar-refractivity contribution in [1.82, 2.24) is 15.1 Å². The monoisotopic (exact) mass is 335 g/mol. The average molecular weight is 335 g/mol. The van der Waals surface area contributed by atoms with Crippen LogP contribution in [0.4, 0.5) is 9.59 Å². The van der Waals surface area contributed by atoms with E-state index in [-0.39, 0.29) is 18.2 Å². The Labute approximate surface area is 139 Å².